The molecular formula is C32H43ClO3. The molecule has 0 saturated carbocycles. The number of halogens is 1. The lowest BCUT2D eigenvalue weighted by Gasteiger charge is -2.23. The maximum Gasteiger partial charge on any atom is 0.290 e. The largest absolute Gasteiger partial charge is 0.496 e. The van der Waals surface area contributed by atoms with Crippen LogP contribution in [-0.2, 0) is 4.79 Å². The molecule has 1 N–H and O–H groups in total. The molecule has 0 spiro atoms. The summed E-state index contributed by atoms with van der Waals surface area (Å²) in [5, 5.41) is 7.65. The van der Waals surface area contributed by atoms with Crippen molar-refractivity contribution in [2.75, 3.05) is 7.11 Å². The van der Waals surface area contributed by atoms with Crippen molar-refractivity contribution in [3.8, 4) is 16.9 Å². The van der Waals surface area contributed by atoms with E-state index < -0.39 is 0 Å². The number of para-hydroxylation sites is 1. The molecule has 0 aliphatic rings. The average molecular weight is 511 g/mol. The van der Waals surface area contributed by atoms with Gasteiger partial charge in [0, 0.05) is 16.5 Å². The Hall–Kier alpha value is -2.78. The standard InChI is InChI=1S/C27H31ClO.C4H10.CH2O2/c1-6-10-18(2)22-12-7-8-13-24(22)25-16-15-21(28)17-26(25)20(4)23-14-9-11-19(3)27(23)29-5;1-3-4-2;2-1-3/h7-9,11-18,20H,6,10H2,1-5H3;3-4H2,1-2H3;1H,(H,2,3). The number of carboxylic acid groups (broad SMARTS) is 1. The van der Waals surface area contributed by atoms with E-state index >= 15 is 0 Å². The van der Waals surface area contributed by atoms with Crippen molar-refractivity contribution in [3.05, 3.63) is 87.9 Å². The summed E-state index contributed by atoms with van der Waals surface area (Å²) >= 11 is 6.46. The van der Waals surface area contributed by atoms with Crippen LogP contribution in [0.2, 0.25) is 5.02 Å². The van der Waals surface area contributed by atoms with Gasteiger partial charge in [-0.2, -0.15) is 0 Å². The zero-order valence-corrected chi connectivity index (χ0v) is 23.7. The van der Waals surface area contributed by atoms with Gasteiger partial charge >= 0.3 is 0 Å². The molecule has 2 atom stereocenters. The number of carbonyl (C=O) groups is 1. The molecule has 0 saturated heterocycles. The number of benzene rings is 3. The minimum Gasteiger partial charge on any atom is -0.496 e. The summed E-state index contributed by atoms with van der Waals surface area (Å²) in [6.45, 7) is 13.0. The van der Waals surface area contributed by atoms with E-state index in [9.17, 15) is 0 Å². The lowest BCUT2D eigenvalue weighted by Crippen LogP contribution is -2.04. The van der Waals surface area contributed by atoms with Crippen molar-refractivity contribution in [2.45, 2.75) is 79.1 Å². The number of aryl methyl sites for hydroxylation is 1. The molecule has 2 unspecified atom stereocenters. The Kier molecular flexibility index (Phi) is 14.6. The molecule has 3 aromatic rings. The number of methoxy groups -OCH3 is 1. The number of unbranched alkanes of at least 4 members (excludes halogenated alkanes) is 1. The molecule has 3 rings (SSSR count). The fraction of sp³-hybridized carbons (Fsp3) is 0.406. The third kappa shape index (κ3) is 8.71. The van der Waals surface area contributed by atoms with Gasteiger partial charge in [-0.25, -0.2) is 0 Å². The topological polar surface area (TPSA) is 46.5 Å². The van der Waals surface area contributed by atoms with Gasteiger partial charge in [0.2, 0.25) is 0 Å². The van der Waals surface area contributed by atoms with E-state index in [-0.39, 0.29) is 12.4 Å². The lowest BCUT2D eigenvalue weighted by molar-refractivity contribution is -0.122. The summed E-state index contributed by atoms with van der Waals surface area (Å²) < 4.78 is 5.76. The highest BCUT2D eigenvalue weighted by molar-refractivity contribution is 6.30. The molecule has 0 aromatic heterocycles. The van der Waals surface area contributed by atoms with Crippen LogP contribution in [-0.4, -0.2) is 18.7 Å². The van der Waals surface area contributed by atoms with Crippen molar-refractivity contribution in [2.24, 2.45) is 0 Å². The first kappa shape index (κ1) is 31.3. The monoisotopic (exact) mass is 510 g/mol. The Morgan fingerprint density at radius 2 is 1.44 bits per heavy atom. The maximum absolute atomic E-state index is 8.36. The number of hydrogen-bond acceptors (Lipinski definition) is 2. The van der Waals surface area contributed by atoms with Crippen LogP contribution in [0.1, 0.15) is 94.4 Å². The molecule has 0 radical (unpaired) electrons. The minimum absolute atomic E-state index is 0.160. The number of hydrogen-bond donors (Lipinski definition) is 1. The molecule has 0 bridgehead atoms. The molecule has 3 nitrogen and oxygen atoms in total. The van der Waals surface area contributed by atoms with Gasteiger partial charge < -0.3 is 9.84 Å². The highest BCUT2D eigenvalue weighted by atomic mass is 35.5. The van der Waals surface area contributed by atoms with E-state index in [1.807, 2.05) is 6.07 Å². The first-order valence-electron chi connectivity index (χ1n) is 12.9. The van der Waals surface area contributed by atoms with Crippen LogP contribution in [0.3, 0.4) is 0 Å². The second-order valence-corrected chi connectivity index (χ2v) is 9.47. The summed E-state index contributed by atoms with van der Waals surface area (Å²) in [5.41, 5.74) is 7.54. The predicted molar refractivity (Wildman–Crippen MR) is 155 cm³/mol. The summed E-state index contributed by atoms with van der Waals surface area (Å²) in [4.78, 5) is 8.36. The quantitative estimate of drug-likeness (QED) is 0.306. The van der Waals surface area contributed by atoms with E-state index in [2.05, 4.69) is 96.1 Å². The molecule has 196 valence electrons. The third-order valence-electron chi connectivity index (χ3n) is 6.40. The molecule has 4 heteroatoms. The average Bonchev–Trinajstić information content (AvgIpc) is 2.89. The Morgan fingerprint density at radius 3 is 2.03 bits per heavy atom. The highest BCUT2D eigenvalue weighted by Crippen LogP contribution is 2.41. The van der Waals surface area contributed by atoms with Crippen LogP contribution in [0, 0.1) is 6.92 Å². The zero-order valence-electron chi connectivity index (χ0n) is 23.0. The van der Waals surface area contributed by atoms with Gasteiger partial charge in [0.1, 0.15) is 5.75 Å². The zero-order chi connectivity index (χ0) is 27.1. The normalized spacial score (nSPS) is 11.8. The van der Waals surface area contributed by atoms with Crippen LogP contribution in [0.4, 0.5) is 0 Å². The molecule has 0 amide bonds. The van der Waals surface area contributed by atoms with E-state index in [1.54, 1.807) is 7.11 Å². The Balaban J connectivity index is 0.000000825. The molecule has 3 aromatic carbocycles. The Labute approximate surface area is 223 Å². The van der Waals surface area contributed by atoms with Crippen LogP contribution >= 0.6 is 11.6 Å². The molecule has 0 aliphatic heterocycles. The van der Waals surface area contributed by atoms with Gasteiger partial charge in [-0.1, -0.05) is 114 Å². The Morgan fingerprint density at radius 1 is 0.861 bits per heavy atom. The maximum atomic E-state index is 8.36. The van der Waals surface area contributed by atoms with Crippen molar-refractivity contribution < 1.29 is 14.6 Å². The van der Waals surface area contributed by atoms with Gasteiger partial charge in [-0.3, -0.25) is 4.79 Å². The van der Waals surface area contributed by atoms with Crippen LogP contribution in [0.15, 0.2) is 60.7 Å². The van der Waals surface area contributed by atoms with Gasteiger partial charge in [-0.05, 0) is 59.2 Å². The lowest BCUT2D eigenvalue weighted by atomic mass is 9.82. The second-order valence-electron chi connectivity index (χ2n) is 9.03. The van der Waals surface area contributed by atoms with Crippen LogP contribution in [0.5, 0.6) is 5.75 Å². The third-order valence-corrected chi connectivity index (χ3v) is 6.63. The first-order valence-corrected chi connectivity index (χ1v) is 13.3. The van der Waals surface area contributed by atoms with Crippen LogP contribution in [0.25, 0.3) is 11.1 Å². The molecular weight excluding hydrogens is 468 g/mol. The SMILES string of the molecule is CCCC.CCCC(C)c1ccccc1-c1ccc(Cl)cc1C(C)c1cccc(C)c1OC.O=CO. The highest BCUT2D eigenvalue weighted by Gasteiger charge is 2.21. The summed E-state index contributed by atoms with van der Waals surface area (Å²) in [6.07, 6.45) is 5.00. The van der Waals surface area contributed by atoms with E-state index in [1.165, 1.54) is 53.5 Å². The van der Waals surface area contributed by atoms with Gasteiger partial charge in [0.05, 0.1) is 7.11 Å². The minimum atomic E-state index is -0.250. The molecule has 0 fully saturated rings. The van der Waals surface area contributed by atoms with Gasteiger partial charge in [0.25, 0.3) is 6.47 Å². The first-order chi connectivity index (χ1) is 17.3. The van der Waals surface area contributed by atoms with E-state index in [4.69, 9.17) is 26.2 Å². The van der Waals surface area contributed by atoms with Crippen molar-refractivity contribution in [1.82, 2.24) is 0 Å². The Bertz CT molecular complexity index is 1060. The summed E-state index contributed by atoms with van der Waals surface area (Å²) in [6, 6.07) is 21.4. The molecule has 0 aliphatic carbocycles. The van der Waals surface area contributed by atoms with Gasteiger partial charge in [-0.15, -0.1) is 0 Å². The van der Waals surface area contributed by atoms with Crippen molar-refractivity contribution in [1.29, 1.82) is 0 Å². The van der Waals surface area contributed by atoms with Crippen molar-refractivity contribution >= 4 is 18.1 Å². The summed E-state index contributed by atoms with van der Waals surface area (Å²) in [7, 11) is 1.75. The fourth-order valence-corrected chi connectivity index (χ4v) is 4.54. The van der Waals surface area contributed by atoms with Gasteiger partial charge in [0.15, 0.2) is 0 Å². The fourth-order valence-electron chi connectivity index (χ4n) is 4.36. The second kappa shape index (κ2) is 16.8. The molecule has 36 heavy (non-hydrogen) atoms. The van der Waals surface area contributed by atoms with Crippen molar-refractivity contribution in [3.63, 3.8) is 0 Å². The summed E-state index contributed by atoms with van der Waals surface area (Å²) in [5.74, 6) is 1.63. The smallest absolute Gasteiger partial charge is 0.290 e. The van der Waals surface area contributed by atoms with Crippen LogP contribution < -0.4 is 4.74 Å². The molecule has 0 heterocycles. The number of rotatable bonds is 8. The predicted octanol–water partition coefficient (Wildman–Crippen LogP) is 9.89. The van der Waals surface area contributed by atoms with E-state index in [0.717, 1.165) is 16.3 Å². The van der Waals surface area contributed by atoms with E-state index in [0.29, 0.717) is 5.92 Å². The number of ether oxygens (including phenoxy) is 1.